The summed E-state index contributed by atoms with van der Waals surface area (Å²) >= 11 is 0. The molecule has 5 nitrogen and oxygen atoms in total. The SMILES string of the molecule is CC(CCCC(C)(C)O)NC(=O)c1cc(=O)c2ccccc2o1. The summed E-state index contributed by atoms with van der Waals surface area (Å²) < 4.78 is 5.51. The maximum atomic E-state index is 12.2. The lowest BCUT2D eigenvalue weighted by atomic mass is 10.00. The average molecular weight is 317 g/mol. The van der Waals surface area contributed by atoms with Gasteiger partial charge in [-0.25, -0.2) is 0 Å². The quantitative estimate of drug-likeness (QED) is 0.858. The Bertz CT molecular complexity index is 743. The molecular formula is C18H23NO4. The van der Waals surface area contributed by atoms with E-state index in [1.165, 1.54) is 6.07 Å². The van der Waals surface area contributed by atoms with Crippen LogP contribution >= 0.6 is 0 Å². The van der Waals surface area contributed by atoms with Crippen molar-refractivity contribution < 1.29 is 14.3 Å². The van der Waals surface area contributed by atoms with Crippen LogP contribution in [0.25, 0.3) is 11.0 Å². The first-order valence-corrected chi connectivity index (χ1v) is 7.82. The molecule has 1 heterocycles. The van der Waals surface area contributed by atoms with Crippen molar-refractivity contribution in [2.75, 3.05) is 0 Å². The molecule has 0 saturated carbocycles. The zero-order chi connectivity index (χ0) is 17.0. The zero-order valence-corrected chi connectivity index (χ0v) is 13.8. The van der Waals surface area contributed by atoms with Crippen LogP contribution in [0.4, 0.5) is 0 Å². The number of rotatable bonds is 6. The van der Waals surface area contributed by atoms with Crippen molar-refractivity contribution in [3.8, 4) is 0 Å². The van der Waals surface area contributed by atoms with Crippen molar-refractivity contribution in [2.24, 2.45) is 0 Å². The summed E-state index contributed by atoms with van der Waals surface area (Å²) in [5.74, 6) is -0.383. The molecule has 0 aliphatic rings. The van der Waals surface area contributed by atoms with E-state index in [-0.39, 0.29) is 17.2 Å². The average Bonchev–Trinajstić information content (AvgIpc) is 2.45. The van der Waals surface area contributed by atoms with Crippen LogP contribution < -0.4 is 10.7 Å². The predicted molar refractivity (Wildman–Crippen MR) is 89.6 cm³/mol. The van der Waals surface area contributed by atoms with Crippen LogP contribution in [0.3, 0.4) is 0 Å². The molecule has 0 spiro atoms. The second-order valence-electron chi connectivity index (χ2n) is 6.55. The molecule has 0 fully saturated rings. The highest BCUT2D eigenvalue weighted by atomic mass is 16.3. The standard InChI is InChI=1S/C18H23NO4/c1-12(7-6-10-18(2,3)22)19-17(21)16-11-14(20)13-8-4-5-9-15(13)23-16/h4-5,8-9,11-12,22H,6-7,10H2,1-3H3,(H,19,21). The van der Waals surface area contributed by atoms with Crippen molar-refractivity contribution in [3.05, 3.63) is 46.3 Å². The van der Waals surface area contributed by atoms with Gasteiger partial charge in [-0.1, -0.05) is 12.1 Å². The van der Waals surface area contributed by atoms with Gasteiger partial charge in [0.05, 0.1) is 11.0 Å². The zero-order valence-electron chi connectivity index (χ0n) is 13.8. The lowest BCUT2D eigenvalue weighted by Gasteiger charge is -2.19. The number of benzene rings is 1. The summed E-state index contributed by atoms with van der Waals surface area (Å²) in [7, 11) is 0. The first kappa shape index (κ1) is 17.2. The second kappa shape index (κ2) is 6.96. The summed E-state index contributed by atoms with van der Waals surface area (Å²) in [6.07, 6.45) is 2.21. The second-order valence-corrected chi connectivity index (χ2v) is 6.55. The minimum absolute atomic E-state index is 0.0167. The van der Waals surface area contributed by atoms with Crippen molar-refractivity contribution in [3.63, 3.8) is 0 Å². The fraction of sp³-hybridized carbons (Fsp3) is 0.444. The molecule has 2 aromatic rings. The number of hydrogen-bond donors (Lipinski definition) is 2. The van der Waals surface area contributed by atoms with Gasteiger partial charge < -0.3 is 14.8 Å². The van der Waals surface area contributed by atoms with Crippen molar-refractivity contribution in [1.29, 1.82) is 0 Å². The molecule has 0 radical (unpaired) electrons. The summed E-state index contributed by atoms with van der Waals surface area (Å²) in [6, 6.07) is 8.00. The fourth-order valence-corrected chi connectivity index (χ4v) is 2.42. The minimum atomic E-state index is -0.700. The molecule has 1 atom stereocenters. The molecule has 0 bridgehead atoms. The van der Waals surface area contributed by atoms with E-state index in [0.717, 1.165) is 12.8 Å². The monoisotopic (exact) mass is 317 g/mol. The first-order chi connectivity index (χ1) is 10.8. The molecule has 0 aliphatic carbocycles. The van der Waals surface area contributed by atoms with Crippen LogP contribution in [0, 0.1) is 0 Å². The third-order valence-electron chi connectivity index (χ3n) is 3.66. The number of carbonyl (C=O) groups excluding carboxylic acids is 1. The van der Waals surface area contributed by atoms with E-state index >= 15 is 0 Å². The van der Waals surface area contributed by atoms with Gasteiger partial charge >= 0.3 is 0 Å². The van der Waals surface area contributed by atoms with Crippen LogP contribution in [-0.4, -0.2) is 22.7 Å². The Hall–Kier alpha value is -2.14. The minimum Gasteiger partial charge on any atom is -0.451 e. The molecule has 23 heavy (non-hydrogen) atoms. The molecular weight excluding hydrogens is 294 g/mol. The Morgan fingerprint density at radius 1 is 1.35 bits per heavy atom. The van der Waals surface area contributed by atoms with Gasteiger partial charge in [0.2, 0.25) is 0 Å². The number of aliphatic hydroxyl groups is 1. The molecule has 1 unspecified atom stereocenters. The number of carbonyl (C=O) groups is 1. The van der Waals surface area contributed by atoms with E-state index in [1.54, 1.807) is 38.1 Å². The molecule has 124 valence electrons. The highest BCUT2D eigenvalue weighted by molar-refractivity contribution is 5.93. The maximum Gasteiger partial charge on any atom is 0.287 e. The molecule has 1 amide bonds. The highest BCUT2D eigenvalue weighted by Crippen LogP contribution is 2.14. The van der Waals surface area contributed by atoms with Gasteiger partial charge in [-0.3, -0.25) is 9.59 Å². The molecule has 2 N–H and O–H groups in total. The molecule has 0 saturated heterocycles. The van der Waals surface area contributed by atoms with Crippen LogP contribution in [0.1, 0.15) is 50.6 Å². The molecule has 1 aromatic heterocycles. The Morgan fingerprint density at radius 3 is 2.74 bits per heavy atom. The van der Waals surface area contributed by atoms with E-state index < -0.39 is 11.5 Å². The number of hydrogen-bond acceptors (Lipinski definition) is 4. The summed E-state index contributed by atoms with van der Waals surface area (Å²) in [5, 5.41) is 13.0. The Balaban J connectivity index is 2.02. The highest BCUT2D eigenvalue weighted by Gasteiger charge is 2.16. The molecule has 1 aromatic carbocycles. The Morgan fingerprint density at radius 2 is 2.04 bits per heavy atom. The third-order valence-corrected chi connectivity index (χ3v) is 3.66. The lowest BCUT2D eigenvalue weighted by Crippen LogP contribution is -2.33. The van der Waals surface area contributed by atoms with E-state index in [9.17, 15) is 14.7 Å². The van der Waals surface area contributed by atoms with Crippen molar-refractivity contribution >= 4 is 16.9 Å². The Labute approximate surface area is 135 Å². The van der Waals surface area contributed by atoms with E-state index in [4.69, 9.17) is 4.42 Å². The van der Waals surface area contributed by atoms with Crippen LogP contribution in [0.15, 0.2) is 39.5 Å². The molecule has 0 aliphatic heterocycles. The lowest BCUT2D eigenvalue weighted by molar-refractivity contribution is 0.0673. The topological polar surface area (TPSA) is 79.5 Å². The number of para-hydroxylation sites is 1. The summed E-state index contributed by atoms with van der Waals surface area (Å²) in [6.45, 7) is 5.42. The maximum absolute atomic E-state index is 12.2. The largest absolute Gasteiger partial charge is 0.451 e. The predicted octanol–water partition coefficient (Wildman–Crippen LogP) is 2.85. The van der Waals surface area contributed by atoms with E-state index in [0.29, 0.717) is 17.4 Å². The fourth-order valence-electron chi connectivity index (χ4n) is 2.42. The normalized spacial score (nSPS) is 13.0. The number of nitrogens with one attached hydrogen (secondary N) is 1. The van der Waals surface area contributed by atoms with Gasteiger partial charge in [0.1, 0.15) is 5.58 Å². The van der Waals surface area contributed by atoms with Crippen molar-refractivity contribution in [2.45, 2.75) is 51.7 Å². The van der Waals surface area contributed by atoms with Gasteiger partial charge in [0.15, 0.2) is 11.2 Å². The van der Waals surface area contributed by atoms with E-state index in [2.05, 4.69) is 5.32 Å². The van der Waals surface area contributed by atoms with Gasteiger partial charge in [-0.2, -0.15) is 0 Å². The van der Waals surface area contributed by atoms with Crippen LogP contribution in [0.5, 0.6) is 0 Å². The number of amides is 1. The van der Waals surface area contributed by atoms with Gasteiger partial charge in [0, 0.05) is 12.1 Å². The van der Waals surface area contributed by atoms with E-state index in [1.807, 2.05) is 6.92 Å². The number of fused-ring (bicyclic) bond motifs is 1. The summed E-state index contributed by atoms with van der Waals surface area (Å²) in [5.41, 5.74) is -0.527. The van der Waals surface area contributed by atoms with Crippen molar-refractivity contribution in [1.82, 2.24) is 5.32 Å². The Kier molecular flexibility index (Phi) is 5.21. The third kappa shape index (κ3) is 4.93. The van der Waals surface area contributed by atoms with Gasteiger partial charge in [-0.15, -0.1) is 0 Å². The summed E-state index contributed by atoms with van der Waals surface area (Å²) in [4.78, 5) is 24.2. The first-order valence-electron chi connectivity index (χ1n) is 7.82. The van der Waals surface area contributed by atoms with Gasteiger partial charge in [0.25, 0.3) is 5.91 Å². The van der Waals surface area contributed by atoms with Crippen LogP contribution in [0.2, 0.25) is 0 Å². The van der Waals surface area contributed by atoms with Gasteiger partial charge in [-0.05, 0) is 52.2 Å². The van der Waals surface area contributed by atoms with Crippen LogP contribution in [-0.2, 0) is 0 Å². The molecule has 2 rings (SSSR count). The molecule has 5 heteroatoms. The smallest absolute Gasteiger partial charge is 0.287 e.